The van der Waals surface area contributed by atoms with Gasteiger partial charge in [-0.15, -0.1) is 11.8 Å². The molecule has 0 aliphatic carbocycles. The molecule has 7 nitrogen and oxygen atoms in total. The first kappa shape index (κ1) is 12.7. The van der Waals surface area contributed by atoms with Crippen molar-refractivity contribution >= 4 is 17.6 Å². The molecule has 3 rings (SSSR count). The fourth-order valence-electron chi connectivity index (χ4n) is 1.65. The lowest BCUT2D eigenvalue weighted by atomic mass is 10.2. The highest BCUT2D eigenvalue weighted by atomic mass is 32.2. The fraction of sp³-hybridized carbons (Fsp3) is 0.167. The van der Waals surface area contributed by atoms with Crippen molar-refractivity contribution in [3.63, 3.8) is 0 Å². The molecule has 0 aliphatic heterocycles. The van der Waals surface area contributed by atoms with E-state index in [4.69, 9.17) is 10.3 Å². The molecule has 0 unspecified atom stereocenters. The minimum Gasteiger partial charge on any atom is -0.379 e. The van der Waals surface area contributed by atoms with Crippen LogP contribution in [0.4, 0.5) is 5.82 Å². The van der Waals surface area contributed by atoms with Gasteiger partial charge in [0.2, 0.25) is 17.3 Å². The Kier molecular flexibility index (Phi) is 3.38. The van der Waals surface area contributed by atoms with Crippen molar-refractivity contribution in [3.8, 4) is 23.0 Å². The Morgan fingerprint density at radius 1 is 1.15 bits per heavy atom. The van der Waals surface area contributed by atoms with E-state index in [-0.39, 0.29) is 17.4 Å². The molecule has 102 valence electrons. The Balaban J connectivity index is 1.88. The summed E-state index contributed by atoms with van der Waals surface area (Å²) in [4.78, 5) is 5.43. The van der Waals surface area contributed by atoms with Gasteiger partial charge in [-0.05, 0) is 40.3 Å². The molecule has 0 spiro atoms. The molecule has 0 radical (unpaired) electrons. The summed E-state index contributed by atoms with van der Waals surface area (Å²) in [5, 5.41) is 11.0. The monoisotopic (exact) mass is 289 g/mol. The number of nitrogen functional groups attached to an aromatic ring is 1. The van der Waals surface area contributed by atoms with Gasteiger partial charge in [-0.2, -0.15) is 4.98 Å². The van der Waals surface area contributed by atoms with Crippen LogP contribution < -0.4 is 5.73 Å². The lowest BCUT2D eigenvalue weighted by Crippen LogP contribution is -1.88. The van der Waals surface area contributed by atoms with Gasteiger partial charge in [0.05, 0.1) is 0 Å². The third kappa shape index (κ3) is 2.37. The molecule has 2 aromatic heterocycles. The minimum atomic E-state index is 0.120. The summed E-state index contributed by atoms with van der Waals surface area (Å²) in [6, 6.07) is 7.92. The fourth-order valence-corrected chi connectivity index (χ4v) is 2.31. The molecular formula is C12H11N5O2S. The van der Waals surface area contributed by atoms with E-state index in [0.29, 0.717) is 5.82 Å². The van der Waals surface area contributed by atoms with E-state index in [1.54, 1.807) is 11.8 Å². The lowest BCUT2D eigenvalue weighted by molar-refractivity contribution is 0.308. The Hall–Kier alpha value is -2.35. The number of hydrogen-bond acceptors (Lipinski definition) is 8. The van der Waals surface area contributed by atoms with Gasteiger partial charge in [0.15, 0.2) is 0 Å². The number of aromatic nitrogens is 4. The normalized spacial score (nSPS) is 10.8. The highest BCUT2D eigenvalue weighted by Crippen LogP contribution is 2.25. The van der Waals surface area contributed by atoms with E-state index < -0.39 is 0 Å². The maximum Gasteiger partial charge on any atom is 0.284 e. The van der Waals surface area contributed by atoms with Gasteiger partial charge in [-0.25, -0.2) is 4.63 Å². The number of nitrogens with zero attached hydrogens (tertiary/aromatic N) is 4. The van der Waals surface area contributed by atoms with Gasteiger partial charge >= 0.3 is 0 Å². The molecule has 20 heavy (non-hydrogen) atoms. The lowest BCUT2D eigenvalue weighted by Gasteiger charge is -1.98. The summed E-state index contributed by atoms with van der Waals surface area (Å²) in [6.45, 7) is 2.11. The molecule has 8 heteroatoms. The van der Waals surface area contributed by atoms with Crippen molar-refractivity contribution in [2.24, 2.45) is 0 Å². The van der Waals surface area contributed by atoms with Crippen molar-refractivity contribution in [2.75, 3.05) is 11.5 Å². The van der Waals surface area contributed by atoms with Crippen molar-refractivity contribution in [3.05, 3.63) is 24.3 Å². The zero-order chi connectivity index (χ0) is 13.9. The van der Waals surface area contributed by atoms with E-state index in [9.17, 15) is 0 Å². The third-order valence-electron chi connectivity index (χ3n) is 2.57. The molecule has 0 fully saturated rings. The average molecular weight is 289 g/mol. The van der Waals surface area contributed by atoms with Gasteiger partial charge in [-0.3, -0.25) is 0 Å². The summed E-state index contributed by atoms with van der Waals surface area (Å²) in [7, 11) is 0. The molecule has 1 aromatic carbocycles. The molecular weight excluding hydrogens is 278 g/mol. The molecule has 0 atom stereocenters. The maximum atomic E-state index is 5.58. The van der Waals surface area contributed by atoms with E-state index >= 15 is 0 Å². The van der Waals surface area contributed by atoms with Crippen molar-refractivity contribution < 1.29 is 9.15 Å². The van der Waals surface area contributed by atoms with Crippen LogP contribution in [0.1, 0.15) is 6.92 Å². The van der Waals surface area contributed by atoms with Crippen molar-refractivity contribution in [2.45, 2.75) is 11.8 Å². The highest BCUT2D eigenvalue weighted by molar-refractivity contribution is 7.99. The van der Waals surface area contributed by atoms with Crippen molar-refractivity contribution in [1.82, 2.24) is 20.5 Å². The zero-order valence-corrected chi connectivity index (χ0v) is 11.4. The molecule has 0 bridgehead atoms. The van der Waals surface area contributed by atoms with Gasteiger partial charge < -0.3 is 10.3 Å². The van der Waals surface area contributed by atoms with Crippen LogP contribution in [0.5, 0.6) is 0 Å². The Labute approximate surface area is 118 Å². The summed E-state index contributed by atoms with van der Waals surface area (Å²) in [5.74, 6) is 1.81. The maximum absolute atomic E-state index is 5.58. The number of benzene rings is 1. The number of thioether (sulfide) groups is 1. The van der Waals surface area contributed by atoms with E-state index in [1.807, 2.05) is 24.3 Å². The summed E-state index contributed by atoms with van der Waals surface area (Å²) >= 11 is 1.77. The third-order valence-corrected chi connectivity index (χ3v) is 3.46. The summed E-state index contributed by atoms with van der Waals surface area (Å²) < 4.78 is 9.61. The average Bonchev–Trinajstić information content (AvgIpc) is 3.08. The summed E-state index contributed by atoms with van der Waals surface area (Å²) in [5.41, 5.74) is 6.68. The number of nitrogens with two attached hydrogens (primary N) is 1. The predicted molar refractivity (Wildman–Crippen MR) is 73.8 cm³/mol. The summed E-state index contributed by atoms with van der Waals surface area (Å²) in [6.07, 6.45) is 0. The first-order valence-electron chi connectivity index (χ1n) is 5.93. The SMILES string of the molecule is CCSc1ccc(-c2noc(-c3nonc3N)n2)cc1. The molecule has 0 saturated carbocycles. The molecule has 0 saturated heterocycles. The molecule has 2 N–H and O–H groups in total. The molecule has 3 aromatic rings. The number of anilines is 1. The first-order chi connectivity index (χ1) is 9.78. The Morgan fingerprint density at radius 3 is 2.60 bits per heavy atom. The second-order valence-corrected chi connectivity index (χ2v) is 5.22. The van der Waals surface area contributed by atoms with Gasteiger partial charge in [0, 0.05) is 10.5 Å². The number of rotatable bonds is 4. The van der Waals surface area contributed by atoms with Crippen LogP contribution in [-0.4, -0.2) is 26.2 Å². The smallest absolute Gasteiger partial charge is 0.284 e. The van der Waals surface area contributed by atoms with Gasteiger partial charge in [0.1, 0.15) is 0 Å². The van der Waals surface area contributed by atoms with Crippen LogP contribution in [0, 0.1) is 0 Å². The molecule has 0 amide bonds. The topological polar surface area (TPSA) is 104 Å². The minimum absolute atomic E-state index is 0.120. The van der Waals surface area contributed by atoms with Crippen LogP contribution >= 0.6 is 11.8 Å². The van der Waals surface area contributed by atoms with Crippen LogP contribution in [-0.2, 0) is 0 Å². The van der Waals surface area contributed by atoms with Crippen LogP contribution in [0.2, 0.25) is 0 Å². The van der Waals surface area contributed by atoms with Crippen molar-refractivity contribution in [1.29, 1.82) is 0 Å². The zero-order valence-electron chi connectivity index (χ0n) is 10.6. The van der Waals surface area contributed by atoms with E-state index in [0.717, 1.165) is 11.3 Å². The van der Waals surface area contributed by atoms with E-state index in [1.165, 1.54) is 4.90 Å². The number of hydrogen-bond donors (Lipinski definition) is 1. The molecule has 2 heterocycles. The van der Waals surface area contributed by atoms with Crippen LogP contribution in [0.25, 0.3) is 23.0 Å². The Bertz CT molecular complexity index is 707. The van der Waals surface area contributed by atoms with Gasteiger partial charge in [0.25, 0.3) is 5.89 Å². The Morgan fingerprint density at radius 2 is 1.95 bits per heavy atom. The second-order valence-electron chi connectivity index (χ2n) is 3.88. The van der Waals surface area contributed by atoms with E-state index in [2.05, 4.69) is 32.0 Å². The van der Waals surface area contributed by atoms with Crippen LogP contribution in [0.15, 0.2) is 38.3 Å². The van der Waals surface area contributed by atoms with Gasteiger partial charge in [-0.1, -0.05) is 12.1 Å². The predicted octanol–water partition coefficient (Wildman–Crippen LogP) is 2.48. The molecule has 0 aliphatic rings. The standard InChI is InChI=1S/C12H11N5O2S/c1-2-20-8-5-3-7(4-6-8)11-14-12(18-17-11)9-10(13)16-19-15-9/h3-6H,2H2,1H3,(H2,13,16). The van der Waals surface area contributed by atoms with Crippen LogP contribution in [0.3, 0.4) is 0 Å². The first-order valence-corrected chi connectivity index (χ1v) is 6.92. The largest absolute Gasteiger partial charge is 0.379 e. The quantitative estimate of drug-likeness (QED) is 0.730. The highest BCUT2D eigenvalue weighted by Gasteiger charge is 2.17. The second kappa shape index (κ2) is 5.33.